The highest BCUT2D eigenvalue weighted by molar-refractivity contribution is 7.89. The van der Waals surface area contributed by atoms with Crippen LogP contribution in [0.4, 0.5) is 5.00 Å². The van der Waals surface area contributed by atoms with Gasteiger partial charge in [-0.25, -0.2) is 13.2 Å². The Morgan fingerprint density at radius 1 is 1.09 bits per heavy atom. The number of fused-ring (bicyclic) bond motifs is 1. The molecule has 1 amide bonds. The van der Waals surface area contributed by atoms with E-state index in [9.17, 15) is 18.0 Å². The van der Waals surface area contributed by atoms with Crippen LogP contribution in [0, 0.1) is 0 Å². The van der Waals surface area contributed by atoms with Crippen LogP contribution in [0.3, 0.4) is 0 Å². The molecule has 2 aromatic rings. The number of benzene rings is 1. The second-order valence-corrected chi connectivity index (χ2v) is 11.4. The molecule has 1 fully saturated rings. The first-order valence-corrected chi connectivity index (χ1v) is 13.3. The number of sulfonamides is 1. The maximum Gasteiger partial charge on any atom is 0.341 e. The first-order valence-electron chi connectivity index (χ1n) is 10.7. The number of hydrogen-bond acceptors (Lipinski definition) is 6. The summed E-state index contributed by atoms with van der Waals surface area (Å²) in [4.78, 5) is 26.8. The van der Waals surface area contributed by atoms with Crippen molar-refractivity contribution in [2.45, 2.75) is 49.8 Å². The number of methoxy groups -OCH3 is 1. The SMILES string of the molecule is COC(=O)c1c(NC(=O)c2cc(S(=O)(=O)N3CCCC3)ccc2Cl)sc2c1CCCCC2. The number of amides is 1. The summed E-state index contributed by atoms with van der Waals surface area (Å²) in [7, 11) is -2.38. The van der Waals surface area contributed by atoms with Crippen LogP contribution in [0.15, 0.2) is 23.1 Å². The van der Waals surface area contributed by atoms with E-state index in [4.69, 9.17) is 16.3 Å². The van der Waals surface area contributed by atoms with Crippen molar-refractivity contribution >= 4 is 49.8 Å². The molecular weight excluding hydrogens is 472 g/mol. The highest BCUT2D eigenvalue weighted by Crippen LogP contribution is 2.38. The summed E-state index contributed by atoms with van der Waals surface area (Å²) in [5.41, 5.74) is 1.37. The van der Waals surface area contributed by atoms with Gasteiger partial charge in [-0.1, -0.05) is 18.0 Å². The quantitative estimate of drug-likeness (QED) is 0.486. The third-order valence-corrected chi connectivity index (χ3v) is 9.35. The first kappa shape index (κ1) is 23.2. The van der Waals surface area contributed by atoms with Gasteiger partial charge in [0.05, 0.1) is 28.2 Å². The molecule has 172 valence electrons. The Morgan fingerprint density at radius 2 is 1.81 bits per heavy atom. The molecule has 32 heavy (non-hydrogen) atoms. The molecule has 1 N–H and O–H groups in total. The van der Waals surface area contributed by atoms with Crippen LogP contribution in [0.25, 0.3) is 0 Å². The van der Waals surface area contributed by atoms with Gasteiger partial charge in [-0.05, 0) is 62.3 Å². The summed E-state index contributed by atoms with van der Waals surface area (Å²) in [5, 5.41) is 3.35. The Bertz CT molecular complexity index is 1150. The van der Waals surface area contributed by atoms with E-state index >= 15 is 0 Å². The van der Waals surface area contributed by atoms with E-state index in [0.717, 1.165) is 55.4 Å². The number of carbonyl (C=O) groups is 2. The molecule has 0 unspecified atom stereocenters. The van der Waals surface area contributed by atoms with Crippen LogP contribution in [-0.2, 0) is 27.6 Å². The van der Waals surface area contributed by atoms with E-state index in [2.05, 4.69) is 5.32 Å². The van der Waals surface area contributed by atoms with Crippen molar-refractivity contribution in [1.82, 2.24) is 4.31 Å². The number of hydrogen-bond donors (Lipinski definition) is 1. The van der Waals surface area contributed by atoms with E-state index in [0.29, 0.717) is 23.7 Å². The molecule has 1 aromatic heterocycles. The van der Waals surface area contributed by atoms with Crippen LogP contribution >= 0.6 is 22.9 Å². The number of aryl methyl sites for hydroxylation is 1. The number of rotatable bonds is 5. The Balaban J connectivity index is 1.67. The molecule has 1 aliphatic carbocycles. The van der Waals surface area contributed by atoms with Crippen molar-refractivity contribution in [3.63, 3.8) is 0 Å². The maximum atomic E-state index is 13.1. The van der Waals surface area contributed by atoms with Crippen molar-refractivity contribution in [1.29, 1.82) is 0 Å². The predicted octanol–water partition coefficient (Wildman–Crippen LogP) is 4.49. The maximum absolute atomic E-state index is 13.1. The summed E-state index contributed by atoms with van der Waals surface area (Å²) < 4.78 is 32.2. The van der Waals surface area contributed by atoms with Crippen LogP contribution in [0.1, 0.15) is 63.3 Å². The summed E-state index contributed by atoms with van der Waals surface area (Å²) in [6, 6.07) is 4.14. The fraction of sp³-hybridized carbons (Fsp3) is 0.455. The molecule has 2 aliphatic rings. The molecule has 0 bridgehead atoms. The van der Waals surface area contributed by atoms with Gasteiger partial charge in [0.15, 0.2) is 0 Å². The molecule has 0 radical (unpaired) electrons. The van der Waals surface area contributed by atoms with E-state index in [1.165, 1.54) is 41.0 Å². The van der Waals surface area contributed by atoms with Gasteiger partial charge in [0.25, 0.3) is 5.91 Å². The van der Waals surface area contributed by atoms with Crippen molar-refractivity contribution in [2.24, 2.45) is 0 Å². The Kier molecular flexibility index (Phi) is 6.90. The highest BCUT2D eigenvalue weighted by Gasteiger charge is 2.30. The van der Waals surface area contributed by atoms with Crippen LogP contribution in [-0.4, -0.2) is 44.8 Å². The lowest BCUT2D eigenvalue weighted by molar-refractivity contribution is 0.0601. The highest BCUT2D eigenvalue weighted by atomic mass is 35.5. The Labute approximate surface area is 196 Å². The number of nitrogens with one attached hydrogen (secondary N) is 1. The summed E-state index contributed by atoms with van der Waals surface area (Å²) in [5.74, 6) is -1.05. The lowest BCUT2D eigenvalue weighted by Crippen LogP contribution is -2.28. The van der Waals surface area contributed by atoms with Crippen molar-refractivity contribution in [3.8, 4) is 0 Å². The average molecular weight is 497 g/mol. The monoisotopic (exact) mass is 496 g/mol. The topological polar surface area (TPSA) is 92.8 Å². The Hall–Kier alpha value is -1.94. The number of thiophene rings is 1. The van der Waals surface area contributed by atoms with Gasteiger partial charge >= 0.3 is 5.97 Å². The van der Waals surface area contributed by atoms with Crippen LogP contribution in [0.5, 0.6) is 0 Å². The number of esters is 1. The number of carbonyl (C=O) groups excluding carboxylic acids is 2. The molecule has 1 aromatic carbocycles. The van der Waals surface area contributed by atoms with Gasteiger partial charge in [0.2, 0.25) is 10.0 Å². The molecule has 7 nitrogen and oxygen atoms in total. The predicted molar refractivity (Wildman–Crippen MR) is 124 cm³/mol. The molecule has 2 heterocycles. The van der Waals surface area contributed by atoms with Gasteiger partial charge in [-0.3, -0.25) is 4.79 Å². The van der Waals surface area contributed by atoms with Gasteiger partial charge in [0.1, 0.15) is 5.00 Å². The number of nitrogens with zero attached hydrogens (tertiary/aromatic N) is 1. The van der Waals surface area contributed by atoms with Crippen molar-refractivity contribution < 1.29 is 22.7 Å². The normalized spacial score (nSPS) is 16.9. The number of anilines is 1. The lowest BCUT2D eigenvalue weighted by Gasteiger charge is -2.16. The molecule has 1 aliphatic heterocycles. The molecule has 1 saturated heterocycles. The van der Waals surface area contributed by atoms with Gasteiger partial charge in [0, 0.05) is 18.0 Å². The zero-order valence-corrected chi connectivity index (χ0v) is 20.2. The first-order chi connectivity index (χ1) is 15.3. The minimum atomic E-state index is -3.69. The van der Waals surface area contributed by atoms with Gasteiger partial charge in [-0.2, -0.15) is 4.31 Å². The lowest BCUT2D eigenvalue weighted by atomic mass is 10.1. The molecule has 10 heteroatoms. The summed E-state index contributed by atoms with van der Waals surface area (Å²) >= 11 is 7.64. The van der Waals surface area contributed by atoms with E-state index in [-0.39, 0.29) is 15.5 Å². The molecule has 0 saturated carbocycles. The molecule has 0 spiro atoms. The fourth-order valence-electron chi connectivity index (χ4n) is 4.24. The minimum Gasteiger partial charge on any atom is -0.465 e. The van der Waals surface area contributed by atoms with E-state index in [1.807, 2.05) is 0 Å². The Morgan fingerprint density at radius 3 is 2.53 bits per heavy atom. The van der Waals surface area contributed by atoms with Gasteiger partial charge in [-0.15, -0.1) is 11.3 Å². The third-order valence-electron chi connectivity index (χ3n) is 5.92. The molecule has 4 rings (SSSR count). The van der Waals surface area contributed by atoms with Crippen LogP contribution < -0.4 is 5.32 Å². The van der Waals surface area contributed by atoms with Crippen molar-refractivity contribution in [2.75, 3.05) is 25.5 Å². The second-order valence-electron chi connectivity index (χ2n) is 7.97. The smallest absolute Gasteiger partial charge is 0.341 e. The number of ether oxygens (including phenoxy) is 1. The zero-order chi connectivity index (χ0) is 22.9. The molecule has 0 atom stereocenters. The molecular formula is C22H25ClN2O5S2. The summed E-state index contributed by atoms with van der Waals surface area (Å²) in [6.07, 6.45) is 6.35. The largest absolute Gasteiger partial charge is 0.465 e. The van der Waals surface area contributed by atoms with Crippen molar-refractivity contribution in [3.05, 3.63) is 44.8 Å². The fourth-order valence-corrected chi connectivity index (χ4v) is 7.26. The minimum absolute atomic E-state index is 0.0316. The van der Waals surface area contributed by atoms with Gasteiger partial charge < -0.3 is 10.1 Å². The van der Waals surface area contributed by atoms with Crippen LogP contribution in [0.2, 0.25) is 5.02 Å². The summed E-state index contributed by atoms with van der Waals surface area (Å²) in [6.45, 7) is 0.936. The zero-order valence-electron chi connectivity index (χ0n) is 17.8. The third kappa shape index (κ3) is 4.44. The van der Waals surface area contributed by atoms with E-state index in [1.54, 1.807) is 0 Å². The standard InChI is InChI=1S/C22H25ClN2O5S2/c1-30-22(27)19-15-7-3-2-4-8-18(15)31-21(19)24-20(26)16-13-14(9-10-17(16)23)32(28,29)25-11-5-6-12-25/h9-10,13H,2-8,11-12H2,1H3,(H,24,26). The van der Waals surface area contributed by atoms with E-state index < -0.39 is 21.9 Å². The second kappa shape index (κ2) is 9.51. The number of halogens is 1. The average Bonchev–Trinajstić information content (AvgIpc) is 3.37.